The fourth-order valence-corrected chi connectivity index (χ4v) is 3.33. The van der Waals surface area contributed by atoms with Crippen molar-refractivity contribution in [2.24, 2.45) is 0 Å². The van der Waals surface area contributed by atoms with Gasteiger partial charge in [0.15, 0.2) is 0 Å². The molecule has 0 aliphatic carbocycles. The van der Waals surface area contributed by atoms with Crippen LogP contribution in [0.5, 0.6) is 0 Å². The topological polar surface area (TPSA) is 49.4 Å². The van der Waals surface area contributed by atoms with Gasteiger partial charge in [0.05, 0.1) is 5.75 Å². The molecule has 0 radical (unpaired) electrons. The van der Waals surface area contributed by atoms with Crippen molar-refractivity contribution in [2.75, 3.05) is 31.4 Å². The molecule has 132 valence electrons. The molecule has 25 heavy (non-hydrogen) atoms. The van der Waals surface area contributed by atoms with Crippen LogP contribution in [0.4, 0.5) is 5.69 Å². The zero-order chi connectivity index (χ0) is 18.2. The third kappa shape index (κ3) is 6.14. The van der Waals surface area contributed by atoms with Crippen LogP contribution in [0.1, 0.15) is 15.9 Å². The van der Waals surface area contributed by atoms with E-state index in [1.807, 2.05) is 0 Å². The molecule has 0 spiro atoms. The van der Waals surface area contributed by atoms with E-state index in [1.54, 1.807) is 61.9 Å². The Hall–Kier alpha value is -1.92. The molecule has 0 fully saturated rings. The maximum atomic E-state index is 12.0. The summed E-state index contributed by atoms with van der Waals surface area (Å²) in [5.41, 5.74) is 2.51. The molecular weight excluding hydrogens is 352 g/mol. The molecule has 2 aromatic carbocycles. The highest BCUT2D eigenvalue weighted by molar-refractivity contribution is 7.99. The first-order chi connectivity index (χ1) is 12.0. The second-order valence-corrected chi connectivity index (χ2v) is 7.53. The van der Waals surface area contributed by atoms with Crippen LogP contribution in [0.3, 0.4) is 0 Å². The van der Waals surface area contributed by atoms with Crippen LogP contribution in [0.25, 0.3) is 0 Å². The highest BCUT2D eigenvalue weighted by Gasteiger charge is 2.08. The Morgan fingerprint density at radius 1 is 1.00 bits per heavy atom. The molecule has 0 atom stereocenters. The molecular formula is C19H22N2O2S2. The largest absolute Gasteiger partial charge is 0.345 e. The van der Waals surface area contributed by atoms with Gasteiger partial charge in [-0.15, -0.1) is 23.5 Å². The lowest BCUT2D eigenvalue weighted by Crippen LogP contribution is -2.21. The number of carbonyl (C=O) groups is 2. The molecule has 2 amide bonds. The van der Waals surface area contributed by atoms with Gasteiger partial charge in [-0.3, -0.25) is 9.59 Å². The van der Waals surface area contributed by atoms with Crippen molar-refractivity contribution in [3.05, 3.63) is 59.7 Å². The fourth-order valence-electron chi connectivity index (χ4n) is 2.13. The number of rotatable bonds is 7. The highest BCUT2D eigenvalue weighted by atomic mass is 32.2. The van der Waals surface area contributed by atoms with Gasteiger partial charge >= 0.3 is 0 Å². The van der Waals surface area contributed by atoms with Crippen molar-refractivity contribution in [1.29, 1.82) is 0 Å². The van der Waals surface area contributed by atoms with Gasteiger partial charge in [0.1, 0.15) is 0 Å². The second-order valence-electron chi connectivity index (χ2n) is 5.67. The molecule has 0 heterocycles. The van der Waals surface area contributed by atoms with E-state index >= 15 is 0 Å². The summed E-state index contributed by atoms with van der Waals surface area (Å²) in [6, 6.07) is 15.3. The van der Waals surface area contributed by atoms with E-state index in [4.69, 9.17) is 0 Å². The Bertz CT molecular complexity index is 713. The number of carbonyl (C=O) groups excluding carboxylic acids is 2. The molecule has 2 aromatic rings. The van der Waals surface area contributed by atoms with Gasteiger partial charge in [0, 0.05) is 36.0 Å². The lowest BCUT2D eigenvalue weighted by Gasteiger charge is -2.11. The molecule has 0 bridgehead atoms. The third-order valence-electron chi connectivity index (χ3n) is 3.48. The Balaban J connectivity index is 1.78. The van der Waals surface area contributed by atoms with Crippen LogP contribution >= 0.6 is 23.5 Å². The number of hydrogen-bond acceptors (Lipinski definition) is 4. The van der Waals surface area contributed by atoms with Gasteiger partial charge in [-0.1, -0.05) is 12.1 Å². The molecule has 0 saturated carbocycles. The van der Waals surface area contributed by atoms with E-state index in [9.17, 15) is 9.59 Å². The van der Waals surface area contributed by atoms with Crippen molar-refractivity contribution < 1.29 is 9.59 Å². The standard InChI is InChI=1S/C19H22N2O2S2/c1-21(2)19(23)15-6-8-16(9-7-15)20-18(22)13-25-12-14-4-10-17(24-3)11-5-14/h4-11H,12-13H2,1-3H3,(H,20,22). The monoisotopic (exact) mass is 374 g/mol. The Morgan fingerprint density at radius 2 is 1.64 bits per heavy atom. The van der Waals surface area contributed by atoms with Crippen molar-refractivity contribution in [3.63, 3.8) is 0 Å². The quantitative estimate of drug-likeness (QED) is 0.745. The third-order valence-corrected chi connectivity index (χ3v) is 5.23. The van der Waals surface area contributed by atoms with Gasteiger partial charge in [-0.25, -0.2) is 0 Å². The Labute approximate surface area is 157 Å². The normalized spacial score (nSPS) is 10.4. The van der Waals surface area contributed by atoms with Crippen LogP contribution in [-0.2, 0) is 10.5 Å². The summed E-state index contributed by atoms with van der Waals surface area (Å²) >= 11 is 3.30. The molecule has 6 heteroatoms. The summed E-state index contributed by atoms with van der Waals surface area (Å²) in [6.45, 7) is 0. The van der Waals surface area contributed by atoms with Crippen molar-refractivity contribution in [1.82, 2.24) is 4.90 Å². The van der Waals surface area contributed by atoms with Gasteiger partial charge in [0.2, 0.25) is 5.91 Å². The zero-order valence-corrected chi connectivity index (χ0v) is 16.2. The number of anilines is 1. The highest BCUT2D eigenvalue weighted by Crippen LogP contribution is 2.18. The first-order valence-corrected chi connectivity index (χ1v) is 10.2. The van der Waals surface area contributed by atoms with Gasteiger partial charge in [-0.05, 0) is 48.2 Å². The van der Waals surface area contributed by atoms with Crippen molar-refractivity contribution >= 4 is 41.0 Å². The number of amides is 2. The Kier molecular flexibility index (Phi) is 7.40. The fraction of sp³-hybridized carbons (Fsp3) is 0.263. The van der Waals surface area contributed by atoms with E-state index in [0.717, 1.165) is 5.75 Å². The molecule has 0 aromatic heterocycles. The smallest absolute Gasteiger partial charge is 0.253 e. The predicted octanol–water partition coefficient (Wildman–Crippen LogP) is 3.98. The molecule has 0 aliphatic rings. The van der Waals surface area contributed by atoms with E-state index in [1.165, 1.54) is 15.4 Å². The average Bonchev–Trinajstić information content (AvgIpc) is 2.62. The maximum Gasteiger partial charge on any atom is 0.253 e. The molecule has 0 saturated heterocycles. The first-order valence-electron chi connectivity index (χ1n) is 7.82. The number of benzene rings is 2. The minimum absolute atomic E-state index is 0.0441. The summed E-state index contributed by atoms with van der Waals surface area (Å²) in [6.07, 6.45) is 2.05. The summed E-state index contributed by atoms with van der Waals surface area (Å²) in [4.78, 5) is 26.6. The lowest BCUT2D eigenvalue weighted by atomic mass is 10.2. The lowest BCUT2D eigenvalue weighted by molar-refractivity contribution is -0.113. The number of hydrogen-bond donors (Lipinski definition) is 1. The first kappa shape index (κ1) is 19.4. The van der Waals surface area contributed by atoms with Crippen LogP contribution in [0.2, 0.25) is 0 Å². The molecule has 4 nitrogen and oxygen atoms in total. The van der Waals surface area contributed by atoms with Crippen LogP contribution in [-0.4, -0.2) is 42.8 Å². The van der Waals surface area contributed by atoms with Crippen LogP contribution in [0, 0.1) is 0 Å². The van der Waals surface area contributed by atoms with Crippen LogP contribution in [0.15, 0.2) is 53.4 Å². The number of nitrogens with zero attached hydrogens (tertiary/aromatic N) is 1. The number of nitrogens with one attached hydrogen (secondary N) is 1. The van der Waals surface area contributed by atoms with Crippen molar-refractivity contribution in [3.8, 4) is 0 Å². The average molecular weight is 375 g/mol. The zero-order valence-electron chi connectivity index (χ0n) is 14.6. The summed E-state index contributed by atoms with van der Waals surface area (Å²) < 4.78 is 0. The molecule has 0 aliphatic heterocycles. The van der Waals surface area contributed by atoms with Crippen molar-refractivity contribution in [2.45, 2.75) is 10.6 Å². The van der Waals surface area contributed by atoms with Gasteiger partial charge < -0.3 is 10.2 Å². The SMILES string of the molecule is CSc1ccc(CSCC(=O)Nc2ccc(C(=O)N(C)C)cc2)cc1. The van der Waals surface area contributed by atoms with E-state index < -0.39 is 0 Å². The van der Waals surface area contributed by atoms with E-state index in [-0.39, 0.29) is 11.8 Å². The molecule has 0 unspecified atom stereocenters. The minimum atomic E-state index is -0.0547. The summed E-state index contributed by atoms with van der Waals surface area (Å²) in [7, 11) is 3.42. The molecule has 1 N–H and O–H groups in total. The molecule has 2 rings (SSSR count). The second kappa shape index (κ2) is 9.53. The van der Waals surface area contributed by atoms with Gasteiger partial charge in [0.25, 0.3) is 5.91 Å². The van der Waals surface area contributed by atoms with Gasteiger partial charge in [-0.2, -0.15) is 0 Å². The minimum Gasteiger partial charge on any atom is -0.345 e. The van der Waals surface area contributed by atoms with E-state index in [0.29, 0.717) is 17.0 Å². The maximum absolute atomic E-state index is 12.0. The summed E-state index contributed by atoms with van der Waals surface area (Å²) in [5.74, 6) is 1.10. The summed E-state index contributed by atoms with van der Waals surface area (Å²) in [5, 5.41) is 2.85. The van der Waals surface area contributed by atoms with Crippen LogP contribution < -0.4 is 5.32 Å². The number of thioether (sulfide) groups is 2. The predicted molar refractivity (Wildman–Crippen MR) is 107 cm³/mol. The van der Waals surface area contributed by atoms with E-state index in [2.05, 4.69) is 35.8 Å². The Morgan fingerprint density at radius 3 is 2.20 bits per heavy atom.